The molecule has 3 heterocycles. The maximum atomic E-state index is 12.9. The summed E-state index contributed by atoms with van der Waals surface area (Å²) in [6, 6.07) is 5.94. The van der Waals surface area contributed by atoms with E-state index >= 15 is 0 Å². The Bertz CT molecular complexity index is 1010. The number of amides is 1. The quantitative estimate of drug-likeness (QED) is 0.704. The van der Waals surface area contributed by atoms with Crippen molar-refractivity contribution in [2.75, 3.05) is 23.8 Å². The topological polar surface area (TPSA) is 94.6 Å². The Hall–Kier alpha value is -2.92. The highest BCUT2D eigenvalue weighted by Crippen LogP contribution is 2.32. The Labute approximate surface area is 188 Å². The highest BCUT2D eigenvalue weighted by Gasteiger charge is 2.49. The van der Waals surface area contributed by atoms with Crippen LogP contribution in [0.4, 0.5) is 29.6 Å². The minimum absolute atomic E-state index is 0.0203. The molecule has 0 bridgehead atoms. The van der Waals surface area contributed by atoms with Crippen molar-refractivity contribution >= 4 is 17.7 Å². The van der Waals surface area contributed by atoms with Gasteiger partial charge in [0.25, 0.3) is 0 Å². The molecule has 2 N–H and O–H groups in total. The van der Waals surface area contributed by atoms with Crippen LogP contribution in [0.1, 0.15) is 32.0 Å². The SMILES string of the molecule is CC(C)(C)c1ccnc(N[C@H]2CO[C@H]3[C@@H]2OC[C@H]3OC(=O)Nc2cccc(C(F)(F)F)c2)n1. The lowest BCUT2D eigenvalue weighted by molar-refractivity contribution is -0.137. The number of aromatic nitrogens is 2. The van der Waals surface area contributed by atoms with Gasteiger partial charge in [0.1, 0.15) is 12.2 Å². The molecule has 0 unspecified atom stereocenters. The normalized spacial score (nSPS) is 24.9. The molecule has 2 fully saturated rings. The van der Waals surface area contributed by atoms with E-state index in [1.165, 1.54) is 12.1 Å². The highest BCUT2D eigenvalue weighted by molar-refractivity contribution is 5.84. The van der Waals surface area contributed by atoms with Gasteiger partial charge < -0.3 is 19.5 Å². The van der Waals surface area contributed by atoms with Crippen molar-refractivity contribution in [1.29, 1.82) is 0 Å². The summed E-state index contributed by atoms with van der Waals surface area (Å²) in [4.78, 5) is 21.1. The van der Waals surface area contributed by atoms with Crippen LogP contribution in [-0.4, -0.2) is 53.6 Å². The Kier molecular flexibility index (Phi) is 6.19. The highest BCUT2D eigenvalue weighted by atomic mass is 19.4. The molecule has 8 nitrogen and oxygen atoms in total. The zero-order valence-corrected chi connectivity index (χ0v) is 18.3. The number of carbonyl (C=O) groups is 1. The number of alkyl halides is 3. The van der Waals surface area contributed by atoms with E-state index in [4.69, 9.17) is 14.2 Å². The van der Waals surface area contributed by atoms with Gasteiger partial charge in [0.05, 0.1) is 30.5 Å². The fourth-order valence-corrected chi connectivity index (χ4v) is 3.76. The number of ether oxygens (including phenoxy) is 3. The third kappa shape index (κ3) is 5.36. The van der Waals surface area contributed by atoms with Gasteiger partial charge >= 0.3 is 12.3 Å². The van der Waals surface area contributed by atoms with Crippen LogP contribution in [0.5, 0.6) is 0 Å². The molecule has 0 radical (unpaired) electrons. The van der Waals surface area contributed by atoms with E-state index in [-0.39, 0.29) is 23.8 Å². The third-order valence-electron chi connectivity index (χ3n) is 5.44. The van der Waals surface area contributed by atoms with E-state index in [0.717, 1.165) is 17.8 Å². The number of nitrogens with one attached hydrogen (secondary N) is 2. The molecule has 1 aromatic heterocycles. The molecular formula is C22H25F3N4O4. The first-order valence-electron chi connectivity index (χ1n) is 10.5. The van der Waals surface area contributed by atoms with E-state index in [1.807, 2.05) is 6.07 Å². The van der Waals surface area contributed by atoms with Crippen molar-refractivity contribution in [1.82, 2.24) is 9.97 Å². The van der Waals surface area contributed by atoms with Crippen molar-refractivity contribution < 1.29 is 32.2 Å². The molecule has 33 heavy (non-hydrogen) atoms. The number of anilines is 2. The van der Waals surface area contributed by atoms with Gasteiger partial charge in [-0.3, -0.25) is 5.32 Å². The molecule has 0 spiro atoms. The van der Waals surface area contributed by atoms with Crippen molar-refractivity contribution in [2.24, 2.45) is 0 Å². The van der Waals surface area contributed by atoms with E-state index in [1.54, 1.807) is 6.20 Å². The Balaban J connectivity index is 1.35. The van der Waals surface area contributed by atoms with Gasteiger partial charge in [0, 0.05) is 17.3 Å². The molecule has 0 aliphatic carbocycles. The number of nitrogens with zero attached hydrogens (tertiary/aromatic N) is 2. The zero-order chi connectivity index (χ0) is 23.8. The molecule has 1 amide bonds. The molecule has 178 valence electrons. The molecule has 1 aromatic carbocycles. The number of carbonyl (C=O) groups excluding carboxylic acids is 1. The van der Waals surface area contributed by atoms with Crippen LogP contribution in [0.3, 0.4) is 0 Å². The van der Waals surface area contributed by atoms with Gasteiger partial charge in [-0.1, -0.05) is 26.8 Å². The second-order valence-corrected chi connectivity index (χ2v) is 9.01. The lowest BCUT2D eigenvalue weighted by Crippen LogP contribution is -2.38. The van der Waals surface area contributed by atoms with Crippen LogP contribution < -0.4 is 10.6 Å². The maximum absolute atomic E-state index is 12.9. The summed E-state index contributed by atoms with van der Waals surface area (Å²) in [5.41, 5.74) is -0.136. The molecule has 2 aliphatic heterocycles. The van der Waals surface area contributed by atoms with E-state index in [2.05, 4.69) is 41.4 Å². The first kappa shape index (κ1) is 23.2. The van der Waals surface area contributed by atoms with Gasteiger partial charge in [-0.2, -0.15) is 13.2 Å². The molecule has 11 heteroatoms. The average Bonchev–Trinajstić information content (AvgIpc) is 3.31. The summed E-state index contributed by atoms with van der Waals surface area (Å²) < 4.78 is 55.5. The number of fused-ring (bicyclic) bond motifs is 1. The van der Waals surface area contributed by atoms with Crippen LogP contribution in [0, 0.1) is 0 Å². The monoisotopic (exact) mass is 466 g/mol. The maximum Gasteiger partial charge on any atom is 0.416 e. The van der Waals surface area contributed by atoms with E-state index in [0.29, 0.717) is 12.6 Å². The van der Waals surface area contributed by atoms with Crippen LogP contribution in [0.15, 0.2) is 36.5 Å². The Morgan fingerprint density at radius 2 is 1.88 bits per heavy atom. The Morgan fingerprint density at radius 1 is 1.12 bits per heavy atom. The Morgan fingerprint density at radius 3 is 2.61 bits per heavy atom. The lowest BCUT2D eigenvalue weighted by Gasteiger charge is -2.20. The van der Waals surface area contributed by atoms with Gasteiger partial charge in [-0.15, -0.1) is 0 Å². The second-order valence-electron chi connectivity index (χ2n) is 9.01. The minimum Gasteiger partial charge on any atom is -0.441 e. The molecule has 4 rings (SSSR count). The summed E-state index contributed by atoms with van der Waals surface area (Å²) >= 11 is 0. The second kappa shape index (κ2) is 8.79. The van der Waals surface area contributed by atoms with Gasteiger partial charge in [-0.25, -0.2) is 14.8 Å². The van der Waals surface area contributed by atoms with Crippen LogP contribution in [0.2, 0.25) is 0 Å². The predicted molar refractivity (Wildman–Crippen MR) is 113 cm³/mol. The third-order valence-corrected chi connectivity index (χ3v) is 5.44. The van der Waals surface area contributed by atoms with E-state index in [9.17, 15) is 18.0 Å². The number of halogens is 3. The summed E-state index contributed by atoms with van der Waals surface area (Å²) in [7, 11) is 0. The van der Waals surface area contributed by atoms with Crippen LogP contribution >= 0.6 is 0 Å². The van der Waals surface area contributed by atoms with Crippen molar-refractivity contribution in [3.05, 3.63) is 47.8 Å². The lowest BCUT2D eigenvalue weighted by atomic mass is 9.92. The molecule has 2 aliphatic rings. The first-order chi connectivity index (χ1) is 15.5. The fourth-order valence-electron chi connectivity index (χ4n) is 3.76. The molecule has 2 saturated heterocycles. The number of benzene rings is 1. The standard InChI is InChI=1S/C22H25F3N4O4/c1-21(2,3)16-7-8-26-19(29-16)28-14-10-31-18-15(11-32-17(14)18)33-20(30)27-13-6-4-5-12(9-13)22(23,24)25/h4-9,14-15,17-18H,10-11H2,1-3H3,(H,27,30)(H,26,28,29)/t14-,15+,17+,18+/m0/s1. The smallest absolute Gasteiger partial charge is 0.416 e. The largest absolute Gasteiger partial charge is 0.441 e. The summed E-state index contributed by atoms with van der Waals surface area (Å²) in [5.74, 6) is 0.451. The van der Waals surface area contributed by atoms with E-state index < -0.39 is 36.1 Å². The van der Waals surface area contributed by atoms with Gasteiger partial charge in [0.2, 0.25) is 5.95 Å². The molecule has 4 atom stereocenters. The van der Waals surface area contributed by atoms with Crippen LogP contribution in [-0.2, 0) is 25.8 Å². The van der Waals surface area contributed by atoms with Gasteiger partial charge in [-0.05, 0) is 24.3 Å². The van der Waals surface area contributed by atoms with Crippen molar-refractivity contribution in [2.45, 2.75) is 56.7 Å². The van der Waals surface area contributed by atoms with Gasteiger partial charge in [0.15, 0.2) is 6.10 Å². The zero-order valence-electron chi connectivity index (χ0n) is 18.3. The molecule has 0 saturated carbocycles. The summed E-state index contributed by atoms with van der Waals surface area (Å²) in [5, 5.41) is 5.55. The average molecular weight is 466 g/mol. The predicted octanol–water partition coefficient (Wildman–Crippen LogP) is 3.99. The van der Waals surface area contributed by atoms with Crippen molar-refractivity contribution in [3.63, 3.8) is 0 Å². The fraction of sp³-hybridized carbons (Fsp3) is 0.500. The van der Waals surface area contributed by atoms with Crippen LogP contribution in [0.25, 0.3) is 0 Å². The summed E-state index contributed by atoms with van der Waals surface area (Å²) in [6.45, 7) is 6.57. The molecule has 2 aromatic rings. The number of hydrogen-bond donors (Lipinski definition) is 2. The minimum atomic E-state index is -4.51. The number of rotatable bonds is 4. The number of hydrogen-bond acceptors (Lipinski definition) is 7. The summed E-state index contributed by atoms with van der Waals surface area (Å²) in [6.07, 6.45) is -5.31. The van der Waals surface area contributed by atoms with Crippen molar-refractivity contribution in [3.8, 4) is 0 Å². The molecular weight excluding hydrogens is 441 g/mol. The first-order valence-corrected chi connectivity index (χ1v) is 10.5.